The molecule has 0 N–H and O–H groups in total. The topological polar surface area (TPSA) is 19.6 Å². The summed E-state index contributed by atoms with van der Waals surface area (Å²) in [5.74, 6) is 0. The zero-order chi connectivity index (χ0) is 39.1. The number of fused-ring (bicyclic) bond motifs is 11. The number of para-hydroxylation sites is 1. The lowest BCUT2D eigenvalue weighted by atomic mass is 9.43. The number of nitrogens with zero attached hydrogens (tertiary/aromatic N) is 2. The van der Waals surface area contributed by atoms with Crippen LogP contribution in [0, 0.1) is 0 Å². The summed E-state index contributed by atoms with van der Waals surface area (Å²) in [6.45, 7) is 12.2. The van der Waals surface area contributed by atoms with Crippen molar-refractivity contribution < 1.29 is 4.42 Å². The Morgan fingerprint density at radius 3 is 2.00 bits per heavy atom. The minimum atomic E-state index is -0.121. The minimum absolute atomic E-state index is 0.0264. The van der Waals surface area contributed by atoms with E-state index in [2.05, 4.69) is 190 Å². The van der Waals surface area contributed by atoms with Crippen LogP contribution in [-0.2, 0) is 10.8 Å². The van der Waals surface area contributed by atoms with E-state index in [0.29, 0.717) is 0 Å². The zero-order valence-corrected chi connectivity index (χ0v) is 34.1. The van der Waals surface area contributed by atoms with Crippen molar-refractivity contribution in [2.45, 2.75) is 76.7 Å². The van der Waals surface area contributed by atoms with Crippen LogP contribution < -0.4 is 20.6 Å². The molecular formula is C54H47BN2O. The fraction of sp³-hybridized carbons (Fsp3) is 0.222. The van der Waals surface area contributed by atoms with E-state index in [4.69, 9.17) is 4.42 Å². The number of furan rings is 1. The van der Waals surface area contributed by atoms with Crippen LogP contribution >= 0.6 is 0 Å². The molecule has 8 aromatic rings. The van der Waals surface area contributed by atoms with Gasteiger partial charge in [-0.2, -0.15) is 0 Å². The average molecular weight is 751 g/mol. The molecule has 7 aromatic carbocycles. The van der Waals surface area contributed by atoms with Crippen molar-refractivity contribution in [3.05, 3.63) is 157 Å². The highest BCUT2D eigenvalue weighted by molar-refractivity contribution is 6.94. The Morgan fingerprint density at radius 2 is 1.26 bits per heavy atom. The second-order valence-electron chi connectivity index (χ2n) is 18.8. The van der Waals surface area contributed by atoms with E-state index in [-0.39, 0.29) is 23.2 Å². The van der Waals surface area contributed by atoms with Gasteiger partial charge in [0.1, 0.15) is 5.58 Å². The van der Waals surface area contributed by atoms with Crippen molar-refractivity contribution >= 4 is 62.5 Å². The van der Waals surface area contributed by atoms with Crippen molar-refractivity contribution in [3.63, 3.8) is 0 Å². The Balaban J connectivity index is 1.24. The molecule has 58 heavy (non-hydrogen) atoms. The summed E-state index contributed by atoms with van der Waals surface area (Å²) >= 11 is 0. The lowest BCUT2D eigenvalue weighted by Crippen LogP contribution is -2.64. The van der Waals surface area contributed by atoms with E-state index in [1.54, 1.807) is 0 Å². The molecule has 1 fully saturated rings. The molecule has 0 amide bonds. The Morgan fingerprint density at radius 1 is 0.603 bits per heavy atom. The minimum Gasteiger partial charge on any atom is -0.454 e. The first-order valence-electron chi connectivity index (χ1n) is 21.3. The lowest BCUT2D eigenvalue weighted by Gasteiger charge is -2.53. The molecule has 0 spiro atoms. The number of benzene rings is 7. The Labute approximate surface area is 342 Å². The van der Waals surface area contributed by atoms with Gasteiger partial charge in [0.2, 0.25) is 0 Å². The van der Waals surface area contributed by atoms with E-state index in [1.165, 1.54) is 108 Å². The molecule has 4 aliphatic rings. The molecule has 1 aromatic heterocycles. The highest BCUT2D eigenvalue weighted by atomic mass is 16.3. The van der Waals surface area contributed by atoms with Crippen LogP contribution in [0.4, 0.5) is 22.7 Å². The average Bonchev–Trinajstić information content (AvgIpc) is 3.72. The van der Waals surface area contributed by atoms with Gasteiger partial charge in [-0.25, -0.2) is 0 Å². The third-order valence-corrected chi connectivity index (χ3v) is 14.7. The summed E-state index contributed by atoms with van der Waals surface area (Å²) in [5.41, 5.74) is 20.1. The molecule has 1 aliphatic carbocycles. The molecule has 12 rings (SSSR count). The first kappa shape index (κ1) is 34.1. The van der Waals surface area contributed by atoms with Crippen LogP contribution in [-0.4, -0.2) is 12.4 Å². The summed E-state index contributed by atoms with van der Waals surface area (Å²) in [5, 5.41) is 2.38. The molecule has 4 heterocycles. The van der Waals surface area contributed by atoms with Gasteiger partial charge >= 0.3 is 6.85 Å². The fourth-order valence-electron chi connectivity index (χ4n) is 11.5. The molecule has 3 nitrogen and oxygen atoms in total. The van der Waals surface area contributed by atoms with E-state index < -0.39 is 0 Å². The standard InChI is InChI=1S/C54H47BN2O/c1-52(2,3)38-31-44-49-45(32-38)55-48-42(33-43-41-20-12-13-21-47(41)58-51(43)50(48)56(49)54(5)29-15-14-28-53(44,54)4)40-27-24-37(35-18-10-7-11-19-35)30-46(40)57(55)39-25-22-36(23-26-39)34-16-8-6-9-17-34/h6-13,16-27,30-33H,14-15,28-29H2,1-5H3. The van der Waals surface area contributed by atoms with Crippen LogP contribution in [0.2, 0.25) is 0 Å². The quantitative estimate of drug-likeness (QED) is 0.168. The molecule has 1 saturated carbocycles. The van der Waals surface area contributed by atoms with Gasteiger partial charge in [-0.05, 0) is 105 Å². The van der Waals surface area contributed by atoms with Crippen molar-refractivity contribution in [2.75, 3.05) is 9.71 Å². The van der Waals surface area contributed by atoms with Crippen molar-refractivity contribution in [1.82, 2.24) is 0 Å². The Hall–Kier alpha value is -6.00. The van der Waals surface area contributed by atoms with Crippen molar-refractivity contribution in [1.29, 1.82) is 0 Å². The number of anilines is 4. The van der Waals surface area contributed by atoms with E-state index in [9.17, 15) is 0 Å². The summed E-state index contributed by atoms with van der Waals surface area (Å²) in [4.78, 5) is 5.51. The van der Waals surface area contributed by atoms with Gasteiger partial charge in [0.05, 0.1) is 11.2 Å². The summed E-state index contributed by atoms with van der Waals surface area (Å²) < 4.78 is 7.14. The second-order valence-corrected chi connectivity index (χ2v) is 18.8. The predicted molar refractivity (Wildman–Crippen MR) is 245 cm³/mol. The van der Waals surface area contributed by atoms with Crippen LogP contribution in [0.5, 0.6) is 0 Å². The van der Waals surface area contributed by atoms with Crippen LogP contribution in [0.25, 0.3) is 55.3 Å². The molecule has 4 heteroatoms. The molecule has 2 unspecified atom stereocenters. The third-order valence-electron chi connectivity index (χ3n) is 14.7. The first-order valence-corrected chi connectivity index (χ1v) is 21.3. The maximum Gasteiger partial charge on any atom is 0.333 e. The molecule has 282 valence electrons. The highest BCUT2D eigenvalue weighted by Crippen LogP contribution is 2.63. The number of hydrogen-bond donors (Lipinski definition) is 0. The maximum absolute atomic E-state index is 7.14. The Bertz CT molecular complexity index is 2980. The van der Waals surface area contributed by atoms with Crippen LogP contribution in [0.3, 0.4) is 0 Å². The fourth-order valence-corrected chi connectivity index (χ4v) is 11.5. The van der Waals surface area contributed by atoms with Gasteiger partial charge in [0, 0.05) is 38.8 Å². The number of rotatable bonds is 3. The van der Waals surface area contributed by atoms with Crippen molar-refractivity contribution in [3.8, 4) is 33.4 Å². The molecule has 2 atom stereocenters. The smallest absolute Gasteiger partial charge is 0.333 e. The van der Waals surface area contributed by atoms with E-state index in [0.717, 1.165) is 17.6 Å². The van der Waals surface area contributed by atoms with Gasteiger partial charge in [0.25, 0.3) is 0 Å². The summed E-state index contributed by atoms with van der Waals surface area (Å²) in [6, 6.07) is 54.5. The zero-order valence-electron chi connectivity index (χ0n) is 34.1. The second kappa shape index (κ2) is 11.8. The SMILES string of the molecule is CC(C)(C)c1cc2c3c(c1)C1(C)CCCCC1(C)N3c1c3c(cc4c1oc1ccccc14)-c1ccc(-c4ccccc4)cc1N(c1ccc(-c4ccccc4)cc1)B23. The summed E-state index contributed by atoms with van der Waals surface area (Å²) in [7, 11) is 0. The highest BCUT2D eigenvalue weighted by Gasteiger charge is 2.62. The van der Waals surface area contributed by atoms with Crippen LogP contribution in [0.1, 0.15) is 71.4 Å². The summed E-state index contributed by atoms with van der Waals surface area (Å²) in [6.07, 6.45) is 4.79. The van der Waals surface area contributed by atoms with Crippen molar-refractivity contribution in [2.24, 2.45) is 0 Å². The first-order chi connectivity index (χ1) is 28.1. The normalized spacial score (nSPS) is 20.3. The molecule has 0 saturated heterocycles. The largest absolute Gasteiger partial charge is 0.454 e. The molecule has 3 aliphatic heterocycles. The van der Waals surface area contributed by atoms with E-state index in [1.807, 2.05) is 0 Å². The van der Waals surface area contributed by atoms with Gasteiger partial charge in [-0.3, -0.25) is 0 Å². The lowest BCUT2D eigenvalue weighted by molar-refractivity contribution is 0.195. The Kier molecular flexibility index (Phi) is 6.93. The predicted octanol–water partition coefficient (Wildman–Crippen LogP) is 13.2. The maximum atomic E-state index is 7.14. The monoisotopic (exact) mass is 750 g/mol. The van der Waals surface area contributed by atoms with Gasteiger partial charge in [0.15, 0.2) is 5.58 Å². The van der Waals surface area contributed by atoms with E-state index >= 15 is 0 Å². The molecule has 0 bridgehead atoms. The third kappa shape index (κ3) is 4.46. The molecular weight excluding hydrogens is 703 g/mol. The van der Waals surface area contributed by atoms with Gasteiger partial charge in [-0.15, -0.1) is 0 Å². The van der Waals surface area contributed by atoms with Crippen LogP contribution in [0.15, 0.2) is 150 Å². The number of hydrogen-bond acceptors (Lipinski definition) is 3. The van der Waals surface area contributed by atoms with Gasteiger partial charge < -0.3 is 14.1 Å². The molecule has 0 radical (unpaired) electrons. The van der Waals surface area contributed by atoms with Gasteiger partial charge in [-0.1, -0.05) is 156 Å².